The molecule has 0 aromatic heterocycles. The van der Waals surface area contributed by atoms with Gasteiger partial charge in [0.25, 0.3) is 0 Å². The fraction of sp³-hybridized carbons (Fsp3) is 0.200. The molecule has 4 heteroatoms. The average molecular weight is 194 g/mol. The van der Waals surface area contributed by atoms with Gasteiger partial charge in [-0.1, -0.05) is 18.2 Å². The summed E-state index contributed by atoms with van der Waals surface area (Å²) in [5.41, 5.74) is 0. The molecule has 4 nitrogen and oxygen atoms in total. The van der Waals surface area contributed by atoms with Gasteiger partial charge in [0, 0.05) is 0 Å². The van der Waals surface area contributed by atoms with E-state index in [2.05, 4.69) is 0 Å². The van der Waals surface area contributed by atoms with E-state index in [0.717, 1.165) is 0 Å². The number of carbonyl (C=O) groups excluding carboxylic acids is 2. The third kappa shape index (κ3) is 3.37. The lowest BCUT2D eigenvalue weighted by Gasteiger charge is -2.01. The number of rotatable bonds is 4. The van der Waals surface area contributed by atoms with Gasteiger partial charge in [0.1, 0.15) is 18.8 Å². The van der Waals surface area contributed by atoms with Gasteiger partial charge in [-0.05, 0) is 12.1 Å². The molecule has 0 fully saturated rings. The zero-order valence-corrected chi connectivity index (χ0v) is 7.47. The second-order valence-corrected chi connectivity index (χ2v) is 2.66. The zero-order valence-electron chi connectivity index (χ0n) is 7.47. The summed E-state index contributed by atoms with van der Waals surface area (Å²) >= 11 is 0. The molecule has 0 aliphatic rings. The number of aliphatic hydroxyl groups excluding tert-OH is 1. The SMILES string of the molecule is O=C(CO)CC(=O)Oc1ccccc1. The molecule has 14 heavy (non-hydrogen) atoms. The normalized spacial score (nSPS) is 9.50. The first-order valence-electron chi connectivity index (χ1n) is 4.10. The number of hydrogen-bond donors (Lipinski definition) is 1. The van der Waals surface area contributed by atoms with E-state index in [4.69, 9.17) is 9.84 Å². The van der Waals surface area contributed by atoms with Crippen LogP contribution in [0.25, 0.3) is 0 Å². The first-order chi connectivity index (χ1) is 6.72. The van der Waals surface area contributed by atoms with Crippen molar-refractivity contribution in [2.75, 3.05) is 6.61 Å². The molecule has 0 atom stereocenters. The van der Waals surface area contributed by atoms with E-state index in [1.807, 2.05) is 0 Å². The van der Waals surface area contributed by atoms with Gasteiger partial charge >= 0.3 is 5.97 Å². The molecule has 0 aliphatic carbocycles. The van der Waals surface area contributed by atoms with Gasteiger partial charge < -0.3 is 9.84 Å². The van der Waals surface area contributed by atoms with Gasteiger partial charge in [-0.2, -0.15) is 0 Å². The first kappa shape index (κ1) is 10.4. The van der Waals surface area contributed by atoms with Crippen molar-refractivity contribution < 1.29 is 19.4 Å². The van der Waals surface area contributed by atoms with E-state index >= 15 is 0 Å². The van der Waals surface area contributed by atoms with Crippen LogP contribution in [0.4, 0.5) is 0 Å². The molecule has 0 amide bonds. The van der Waals surface area contributed by atoms with Crippen LogP contribution in [-0.2, 0) is 9.59 Å². The standard InChI is InChI=1S/C10H10O4/c11-7-8(12)6-10(13)14-9-4-2-1-3-5-9/h1-5,11H,6-7H2. The van der Waals surface area contributed by atoms with Gasteiger partial charge in [0.05, 0.1) is 0 Å². The van der Waals surface area contributed by atoms with E-state index < -0.39 is 24.8 Å². The molecule has 0 saturated carbocycles. The van der Waals surface area contributed by atoms with Crippen LogP contribution in [0.5, 0.6) is 5.75 Å². The molecule has 0 unspecified atom stereocenters. The Morgan fingerprint density at radius 1 is 1.21 bits per heavy atom. The smallest absolute Gasteiger partial charge is 0.318 e. The van der Waals surface area contributed by atoms with Crippen molar-refractivity contribution in [3.05, 3.63) is 30.3 Å². The van der Waals surface area contributed by atoms with Gasteiger partial charge in [-0.25, -0.2) is 0 Å². The molecule has 0 aliphatic heterocycles. The van der Waals surface area contributed by atoms with Gasteiger partial charge in [0.2, 0.25) is 0 Å². The molecule has 0 bridgehead atoms. The topological polar surface area (TPSA) is 63.6 Å². The highest BCUT2D eigenvalue weighted by atomic mass is 16.5. The molecular weight excluding hydrogens is 184 g/mol. The van der Waals surface area contributed by atoms with Gasteiger partial charge in [-0.3, -0.25) is 9.59 Å². The van der Waals surface area contributed by atoms with Crippen molar-refractivity contribution in [2.45, 2.75) is 6.42 Å². The van der Waals surface area contributed by atoms with E-state index in [9.17, 15) is 9.59 Å². The van der Waals surface area contributed by atoms with Crippen LogP contribution in [-0.4, -0.2) is 23.5 Å². The largest absolute Gasteiger partial charge is 0.426 e. The first-order valence-corrected chi connectivity index (χ1v) is 4.10. The predicted molar refractivity (Wildman–Crippen MR) is 48.8 cm³/mol. The Morgan fingerprint density at radius 2 is 1.86 bits per heavy atom. The van der Waals surface area contributed by atoms with Crippen LogP contribution in [0.1, 0.15) is 6.42 Å². The molecule has 74 valence electrons. The van der Waals surface area contributed by atoms with Crippen LogP contribution in [0, 0.1) is 0 Å². The van der Waals surface area contributed by atoms with Crippen molar-refractivity contribution >= 4 is 11.8 Å². The Labute approximate surface area is 81.1 Å². The van der Waals surface area contributed by atoms with Crippen LogP contribution in [0.3, 0.4) is 0 Å². The van der Waals surface area contributed by atoms with E-state index in [-0.39, 0.29) is 0 Å². The Balaban J connectivity index is 2.46. The third-order valence-electron chi connectivity index (χ3n) is 1.49. The maximum atomic E-state index is 11.0. The molecule has 1 aromatic carbocycles. The van der Waals surface area contributed by atoms with Crippen molar-refractivity contribution in [1.82, 2.24) is 0 Å². The second-order valence-electron chi connectivity index (χ2n) is 2.66. The number of para-hydroxylation sites is 1. The van der Waals surface area contributed by atoms with Crippen LogP contribution in [0.2, 0.25) is 0 Å². The molecule has 0 heterocycles. The van der Waals surface area contributed by atoms with Gasteiger partial charge in [-0.15, -0.1) is 0 Å². The maximum Gasteiger partial charge on any atom is 0.318 e. The number of esters is 1. The van der Waals surface area contributed by atoms with Crippen molar-refractivity contribution in [1.29, 1.82) is 0 Å². The highest BCUT2D eigenvalue weighted by molar-refractivity contribution is 5.96. The third-order valence-corrected chi connectivity index (χ3v) is 1.49. The van der Waals surface area contributed by atoms with Crippen molar-refractivity contribution in [3.8, 4) is 5.75 Å². The lowest BCUT2D eigenvalue weighted by atomic mass is 10.3. The number of ether oxygens (including phenoxy) is 1. The molecule has 1 aromatic rings. The van der Waals surface area contributed by atoms with Crippen LogP contribution < -0.4 is 4.74 Å². The number of benzene rings is 1. The fourth-order valence-electron chi connectivity index (χ4n) is 0.873. The summed E-state index contributed by atoms with van der Waals surface area (Å²) in [5.74, 6) is -0.815. The maximum absolute atomic E-state index is 11.0. The molecular formula is C10H10O4. The lowest BCUT2D eigenvalue weighted by molar-refractivity contribution is -0.138. The zero-order chi connectivity index (χ0) is 10.4. The summed E-state index contributed by atoms with van der Waals surface area (Å²) < 4.78 is 4.82. The fourth-order valence-corrected chi connectivity index (χ4v) is 0.873. The van der Waals surface area contributed by atoms with Crippen molar-refractivity contribution in [3.63, 3.8) is 0 Å². The van der Waals surface area contributed by atoms with E-state index in [0.29, 0.717) is 5.75 Å². The summed E-state index contributed by atoms with van der Waals surface area (Å²) in [6.07, 6.45) is -0.397. The number of carbonyl (C=O) groups is 2. The Morgan fingerprint density at radius 3 is 2.43 bits per heavy atom. The molecule has 0 saturated heterocycles. The minimum absolute atomic E-state index is 0.392. The summed E-state index contributed by atoms with van der Waals surface area (Å²) in [6, 6.07) is 8.45. The Kier molecular flexibility index (Phi) is 3.82. The lowest BCUT2D eigenvalue weighted by Crippen LogP contribution is -2.16. The molecule has 0 radical (unpaired) electrons. The predicted octanol–water partition coefficient (Wildman–Crippen LogP) is 0.544. The van der Waals surface area contributed by atoms with E-state index in [1.165, 1.54) is 0 Å². The number of hydrogen-bond acceptors (Lipinski definition) is 4. The summed E-state index contributed by atoms with van der Waals surface area (Å²) in [6.45, 7) is -0.635. The summed E-state index contributed by atoms with van der Waals surface area (Å²) in [5, 5.41) is 8.39. The highest BCUT2D eigenvalue weighted by Crippen LogP contribution is 2.08. The van der Waals surface area contributed by atoms with Crippen LogP contribution in [0.15, 0.2) is 30.3 Å². The summed E-state index contributed by atoms with van der Waals surface area (Å²) in [7, 11) is 0. The number of Topliss-reactive ketones (excluding diaryl/α,β-unsaturated/α-hetero) is 1. The monoisotopic (exact) mass is 194 g/mol. The number of aliphatic hydroxyl groups is 1. The molecule has 1 N–H and O–H groups in total. The van der Waals surface area contributed by atoms with Crippen molar-refractivity contribution in [2.24, 2.45) is 0 Å². The molecule has 1 rings (SSSR count). The minimum atomic E-state index is -0.657. The highest BCUT2D eigenvalue weighted by Gasteiger charge is 2.09. The quantitative estimate of drug-likeness (QED) is 0.431. The average Bonchev–Trinajstić information content (AvgIpc) is 2.19. The Hall–Kier alpha value is -1.68. The molecule has 0 spiro atoms. The summed E-state index contributed by atoms with van der Waals surface area (Å²) in [4.78, 5) is 21.7. The Bertz CT molecular complexity index is 318. The van der Waals surface area contributed by atoms with E-state index in [1.54, 1.807) is 30.3 Å². The van der Waals surface area contributed by atoms with Crippen LogP contribution >= 0.6 is 0 Å². The van der Waals surface area contributed by atoms with Gasteiger partial charge in [0.15, 0.2) is 5.78 Å². The number of ketones is 1. The minimum Gasteiger partial charge on any atom is -0.426 e. The second kappa shape index (κ2) is 5.14.